The van der Waals surface area contributed by atoms with Crippen molar-refractivity contribution in [3.8, 4) is 22.8 Å². The van der Waals surface area contributed by atoms with Crippen molar-refractivity contribution < 1.29 is 22.7 Å². The van der Waals surface area contributed by atoms with Gasteiger partial charge in [0.25, 0.3) is 0 Å². The van der Waals surface area contributed by atoms with Crippen LogP contribution in [0.3, 0.4) is 0 Å². The highest BCUT2D eigenvalue weighted by Gasteiger charge is 2.31. The molecule has 1 N–H and O–H groups in total. The number of aromatic nitrogens is 3. The van der Waals surface area contributed by atoms with Crippen molar-refractivity contribution in [2.24, 2.45) is 4.99 Å². The van der Waals surface area contributed by atoms with E-state index >= 15 is 0 Å². The summed E-state index contributed by atoms with van der Waals surface area (Å²) in [5.41, 5.74) is 5.81. The normalized spacial score (nSPS) is 15.4. The molecule has 0 spiro atoms. The number of carbonyl (C=O) groups excluding carboxylic acids is 1. The summed E-state index contributed by atoms with van der Waals surface area (Å²) in [6.07, 6.45) is -1.58. The van der Waals surface area contributed by atoms with Crippen molar-refractivity contribution in [2.45, 2.75) is 58.9 Å². The van der Waals surface area contributed by atoms with E-state index in [0.717, 1.165) is 35.5 Å². The Balaban J connectivity index is 1.27. The molecule has 2 heterocycles. The number of aliphatic imine (C=N–C) groups is 1. The van der Waals surface area contributed by atoms with E-state index in [4.69, 9.17) is 0 Å². The van der Waals surface area contributed by atoms with Crippen LogP contribution in [0.5, 0.6) is 5.75 Å². The van der Waals surface area contributed by atoms with E-state index in [9.17, 15) is 18.0 Å². The molecule has 0 aliphatic carbocycles. The number of urea groups is 1. The minimum absolute atomic E-state index is 0.244. The first-order chi connectivity index (χ1) is 21.5. The monoisotopic (exact) mass is 636 g/mol. The first-order valence-corrected chi connectivity index (χ1v) is 15.8. The van der Waals surface area contributed by atoms with Gasteiger partial charge in [0, 0.05) is 23.5 Å². The largest absolute Gasteiger partial charge is 0.573 e. The van der Waals surface area contributed by atoms with E-state index in [1.54, 1.807) is 11.8 Å². The third-order valence-electron chi connectivity index (χ3n) is 7.46. The Kier molecular flexibility index (Phi) is 9.81. The zero-order chi connectivity index (χ0) is 32.1. The number of thioether (sulfide) groups is 1. The third-order valence-corrected chi connectivity index (χ3v) is 8.52. The van der Waals surface area contributed by atoms with Crippen LogP contribution in [0.1, 0.15) is 62.3 Å². The molecule has 45 heavy (non-hydrogen) atoms. The van der Waals surface area contributed by atoms with Crippen LogP contribution in [-0.2, 0) is 0 Å². The van der Waals surface area contributed by atoms with Crippen LogP contribution in [0, 0.1) is 6.92 Å². The number of amidine groups is 1. The Morgan fingerprint density at radius 2 is 1.82 bits per heavy atom. The average molecular weight is 637 g/mol. The number of nitrogens with zero attached hydrogens (tertiary/aromatic N) is 5. The van der Waals surface area contributed by atoms with Gasteiger partial charge in [-0.05, 0) is 72.7 Å². The molecule has 1 saturated heterocycles. The molecule has 12 heteroatoms. The van der Waals surface area contributed by atoms with E-state index in [2.05, 4.69) is 69.0 Å². The number of anilines is 1. The van der Waals surface area contributed by atoms with Crippen LogP contribution in [0.2, 0.25) is 0 Å². The second-order valence-corrected chi connectivity index (χ2v) is 12.1. The molecule has 1 aliphatic heterocycles. The Hall–Kier alpha value is -4.32. The molecular weight excluding hydrogens is 601 g/mol. The lowest BCUT2D eigenvalue weighted by atomic mass is 9.95. The molecule has 1 atom stereocenters. The summed E-state index contributed by atoms with van der Waals surface area (Å²) in [4.78, 5) is 24.3. The SMILES string of the molecule is CCC(NC(=O)/N=C1\SCCCN1c1cccc(C)c1C(C)C)c1ccc(-c2ncn(-c3ccc(OC(F)(F)F)cc3)n2)cc1. The molecule has 1 aliphatic rings. The van der Waals surface area contributed by atoms with Gasteiger partial charge in [-0.2, -0.15) is 4.99 Å². The van der Waals surface area contributed by atoms with Crippen molar-refractivity contribution in [3.63, 3.8) is 0 Å². The number of ether oxygens (including phenoxy) is 1. The molecule has 3 aromatic carbocycles. The highest BCUT2D eigenvalue weighted by Crippen LogP contribution is 2.34. The number of benzene rings is 3. The van der Waals surface area contributed by atoms with E-state index in [1.165, 1.54) is 46.4 Å². The van der Waals surface area contributed by atoms with Gasteiger partial charge in [0.2, 0.25) is 0 Å². The van der Waals surface area contributed by atoms with Gasteiger partial charge in [-0.3, -0.25) is 0 Å². The number of amides is 2. The molecule has 1 unspecified atom stereocenters. The molecule has 1 aromatic heterocycles. The van der Waals surface area contributed by atoms with Crippen molar-refractivity contribution in [3.05, 3.63) is 89.7 Å². The van der Waals surface area contributed by atoms with Crippen LogP contribution in [0.25, 0.3) is 17.1 Å². The fourth-order valence-electron chi connectivity index (χ4n) is 5.40. The van der Waals surface area contributed by atoms with E-state index < -0.39 is 6.36 Å². The summed E-state index contributed by atoms with van der Waals surface area (Å²) in [5.74, 6) is 1.39. The van der Waals surface area contributed by atoms with Gasteiger partial charge in [0.15, 0.2) is 11.0 Å². The van der Waals surface area contributed by atoms with Gasteiger partial charge in [-0.1, -0.05) is 68.9 Å². The summed E-state index contributed by atoms with van der Waals surface area (Å²) in [6, 6.07) is 18.6. The second kappa shape index (κ2) is 13.8. The summed E-state index contributed by atoms with van der Waals surface area (Å²) in [6.45, 7) is 9.30. The second-order valence-electron chi connectivity index (χ2n) is 11.0. The Bertz CT molecular complexity index is 1650. The third kappa shape index (κ3) is 7.86. The number of hydrogen-bond acceptors (Lipinski definition) is 5. The Morgan fingerprint density at radius 1 is 1.09 bits per heavy atom. The maximum atomic E-state index is 13.2. The fraction of sp³-hybridized carbons (Fsp3) is 0.333. The fourth-order valence-corrected chi connectivity index (χ4v) is 6.35. The number of aryl methyl sites for hydroxylation is 1. The number of alkyl halides is 3. The zero-order valence-electron chi connectivity index (χ0n) is 25.5. The Morgan fingerprint density at radius 3 is 2.49 bits per heavy atom. The number of hydrogen-bond donors (Lipinski definition) is 1. The van der Waals surface area contributed by atoms with Crippen LogP contribution in [0.4, 0.5) is 23.7 Å². The first-order valence-electron chi connectivity index (χ1n) is 14.8. The summed E-state index contributed by atoms with van der Waals surface area (Å²) in [5, 5.41) is 8.25. The van der Waals surface area contributed by atoms with E-state index in [-0.39, 0.29) is 17.8 Å². The van der Waals surface area contributed by atoms with Crippen LogP contribution in [0.15, 0.2) is 78.0 Å². The van der Waals surface area contributed by atoms with Gasteiger partial charge in [-0.15, -0.1) is 18.3 Å². The van der Waals surface area contributed by atoms with Crippen molar-refractivity contribution in [1.82, 2.24) is 20.1 Å². The zero-order valence-corrected chi connectivity index (χ0v) is 26.3. The van der Waals surface area contributed by atoms with Gasteiger partial charge in [0.1, 0.15) is 12.1 Å². The van der Waals surface area contributed by atoms with Crippen LogP contribution >= 0.6 is 11.8 Å². The molecule has 236 valence electrons. The van der Waals surface area contributed by atoms with Gasteiger partial charge >= 0.3 is 12.4 Å². The molecule has 4 aromatic rings. The lowest BCUT2D eigenvalue weighted by molar-refractivity contribution is -0.274. The molecule has 8 nitrogen and oxygen atoms in total. The van der Waals surface area contributed by atoms with Gasteiger partial charge < -0.3 is 15.0 Å². The number of rotatable bonds is 8. The van der Waals surface area contributed by atoms with E-state index in [0.29, 0.717) is 29.0 Å². The first kappa shape index (κ1) is 32.1. The summed E-state index contributed by atoms with van der Waals surface area (Å²) >= 11 is 1.60. The summed E-state index contributed by atoms with van der Waals surface area (Å²) < 4.78 is 42.8. The molecule has 0 saturated carbocycles. The minimum Gasteiger partial charge on any atom is -0.406 e. The number of nitrogens with one attached hydrogen (secondary N) is 1. The molecule has 1 fully saturated rings. The smallest absolute Gasteiger partial charge is 0.406 e. The molecule has 2 amide bonds. The summed E-state index contributed by atoms with van der Waals surface area (Å²) in [7, 11) is 0. The average Bonchev–Trinajstić information content (AvgIpc) is 3.50. The predicted octanol–water partition coefficient (Wildman–Crippen LogP) is 8.42. The minimum atomic E-state index is -4.75. The quantitative estimate of drug-likeness (QED) is 0.209. The molecule has 5 rings (SSSR count). The van der Waals surface area contributed by atoms with Crippen molar-refractivity contribution in [2.75, 3.05) is 17.2 Å². The predicted molar refractivity (Wildman–Crippen MR) is 172 cm³/mol. The standard InChI is InChI=1S/C33H35F3N6O2S/c1-5-27(38-31(43)39-32-41(18-7-19-45-32)28-9-6-8-22(4)29(28)21(2)3)23-10-12-24(13-11-23)30-37-20-42(40-30)25-14-16-26(17-15-25)44-33(34,35)36/h6,8-17,20-21,27H,5,7,18-19H2,1-4H3,(H,38,43)/b39-32-. The van der Waals surface area contributed by atoms with Gasteiger partial charge in [-0.25, -0.2) is 14.5 Å². The van der Waals surface area contributed by atoms with Crippen LogP contribution in [-0.4, -0.2) is 44.6 Å². The number of halogens is 3. The van der Waals surface area contributed by atoms with E-state index in [1.807, 2.05) is 31.2 Å². The highest BCUT2D eigenvalue weighted by atomic mass is 32.2. The van der Waals surface area contributed by atoms with Crippen molar-refractivity contribution in [1.29, 1.82) is 0 Å². The lowest BCUT2D eigenvalue weighted by Crippen LogP contribution is -2.37. The molecule has 0 bridgehead atoms. The highest BCUT2D eigenvalue weighted by molar-refractivity contribution is 8.14. The number of carbonyl (C=O) groups is 1. The maximum absolute atomic E-state index is 13.2. The van der Waals surface area contributed by atoms with Crippen molar-refractivity contribution >= 4 is 28.6 Å². The maximum Gasteiger partial charge on any atom is 0.573 e. The lowest BCUT2D eigenvalue weighted by Gasteiger charge is -2.32. The topological polar surface area (TPSA) is 84.6 Å². The molecule has 0 radical (unpaired) electrons. The molecular formula is C33H35F3N6O2S. The van der Waals surface area contributed by atoms with Crippen LogP contribution < -0.4 is 15.0 Å². The Labute approximate surface area is 264 Å². The van der Waals surface area contributed by atoms with Gasteiger partial charge in [0.05, 0.1) is 11.7 Å².